The minimum absolute atomic E-state index is 0.112. The zero-order valence-corrected chi connectivity index (χ0v) is 29.5. The van der Waals surface area contributed by atoms with Crippen molar-refractivity contribution in [1.82, 2.24) is 4.57 Å². The fraction of sp³-hybridized carbons (Fsp3) is 0.0638. The fourth-order valence-corrected chi connectivity index (χ4v) is 9.33. The van der Waals surface area contributed by atoms with Crippen molar-refractivity contribution >= 4 is 89.5 Å². The van der Waals surface area contributed by atoms with Gasteiger partial charge in [0.1, 0.15) is 22.5 Å². The van der Waals surface area contributed by atoms with Crippen LogP contribution in [0.4, 0.5) is 17.1 Å². The van der Waals surface area contributed by atoms with E-state index in [4.69, 9.17) is 8.83 Å². The van der Waals surface area contributed by atoms with Crippen molar-refractivity contribution in [2.45, 2.75) is 6.92 Å². The Morgan fingerprint density at radius 2 is 1.36 bits per heavy atom. The number of furan rings is 2. The van der Waals surface area contributed by atoms with Crippen molar-refractivity contribution in [3.8, 4) is 28.1 Å². The normalized spacial score (nSPS) is 13.1. The molecule has 0 saturated carbocycles. The third-order valence-electron chi connectivity index (χ3n) is 11.7. The van der Waals surface area contributed by atoms with Gasteiger partial charge in [0.05, 0.1) is 11.0 Å². The lowest BCUT2D eigenvalue weighted by molar-refractivity contribution is 0.631. The second-order valence-electron chi connectivity index (χ2n) is 14.8. The first-order chi connectivity index (χ1) is 26.0. The van der Waals surface area contributed by atoms with Crippen LogP contribution >= 0.6 is 0 Å². The Balaban J connectivity index is 1.25. The van der Waals surface area contributed by atoms with E-state index in [1.54, 1.807) is 0 Å². The van der Waals surface area contributed by atoms with Gasteiger partial charge in [-0.05, 0) is 77.5 Å². The Bertz CT molecular complexity index is 3170. The van der Waals surface area contributed by atoms with Gasteiger partial charge in [-0.15, -0.1) is 0 Å². The van der Waals surface area contributed by atoms with Gasteiger partial charge in [-0.2, -0.15) is 0 Å². The number of benzene rings is 7. The van der Waals surface area contributed by atoms with E-state index in [9.17, 15) is 0 Å². The average molecular weight is 682 g/mol. The summed E-state index contributed by atoms with van der Waals surface area (Å²) in [6, 6.07) is 50.6. The molecule has 10 aromatic rings. The van der Waals surface area contributed by atoms with Gasteiger partial charge in [0.2, 0.25) is 0 Å². The molecule has 0 saturated heterocycles. The van der Waals surface area contributed by atoms with E-state index in [0.29, 0.717) is 0 Å². The lowest BCUT2D eigenvalue weighted by atomic mass is 9.43. The van der Waals surface area contributed by atoms with Crippen LogP contribution in [0.15, 0.2) is 148 Å². The summed E-state index contributed by atoms with van der Waals surface area (Å²) in [4.78, 5) is 4.71. The predicted molar refractivity (Wildman–Crippen MR) is 221 cm³/mol. The molecule has 0 amide bonds. The van der Waals surface area contributed by atoms with Crippen molar-refractivity contribution in [1.29, 1.82) is 0 Å². The number of rotatable bonds is 3. The molecule has 2 aliphatic rings. The first-order valence-corrected chi connectivity index (χ1v) is 18.2. The van der Waals surface area contributed by atoms with Crippen LogP contribution in [0.5, 0.6) is 0 Å². The molecule has 6 heteroatoms. The Morgan fingerprint density at radius 1 is 0.604 bits per heavy atom. The number of anilines is 3. The van der Waals surface area contributed by atoms with Gasteiger partial charge in [0, 0.05) is 87.0 Å². The number of hydrogen-bond acceptors (Lipinski definition) is 4. The first-order valence-electron chi connectivity index (χ1n) is 18.2. The Morgan fingerprint density at radius 3 is 2.19 bits per heavy atom. The Kier molecular flexibility index (Phi) is 5.60. The second-order valence-corrected chi connectivity index (χ2v) is 14.8. The Hall–Kier alpha value is -6.66. The number of aryl methyl sites for hydroxylation is 1. The topological polar surface area (TPSA) is 37.7 Å². The summed E-state index contributed by atoms with van der Waals surface area (Å²) in [5.41, 5.74) is 17.1. The molecule has 0 spiro atoms. The molecular formula is C47H32BN3O2. The van der Waals surface area contributed by atoms with Crippen molar-refractivity contribution in [3.05, 3.63) is 145 Å². The van der Waals surface area contributed by atoms with Gasteiger partial charge < -0.3 is 23.1 Å². The van der Waals surface area contributed by atoms with E-state index in [0.717, 1.165) is 67.0 Å². The molecule has 53 heavy (non-hydrogen) atoms. The number of aromatic nitrogens is 1. The highest BCUT2D eigenvalue weighted by molar-refractivity contribution is 6.94. The molecule has 250 valence electrons. The maximum Gasteiger partial charge on any atom is 0.333 e. The summed E-state index contributed by atoms with van der Waals surface area (Å²) in [6.07, 6.45) is 0. The van der Waals surface area contributed by atoms with E-state index in [-0.39, 0.29) is 6.85 Å². The quantitative estimate of drug-likeness (QED) is 0.174. The molecule has 0 N–H and O–H groups in total. The van der Waals surface area contributed by atoms with E-state index >= 15 is 0 Å². The summed E-state index contributed by atoms with van der Waals surface area (Å²) in [5.74, 6) is 0.872. The largest absolute Gasteiger partial charge is 0.456 e. The molecule has 0 unspecified atom stereocenters. The minimum Gasteiger partial charge on any atom is -0.456 e. The van der Waals surface area contributed by atoms with Gasteiger partial charge in [-0.3, -0.25) is 0 Å². The maximum atomic E-state index is 6.66. The molecule has 0 fully saturated rings. The first kappa shape index (κ1) is 29.0. The lowest BCUT2D eigenvalue weighted by Crippen LogP contribution is -2.60. The van der Waals surface area contributed by atoms with Gasteiger partial charge >= 0.3 is 6.85 Å². The van der Waals surface area contributed by atoms with Crippen LogP contribution in [0.25, 0.3) is 82.9 Å². The van der Waals surface area contributed by atoms with Crippen molar-refractivity contribution in [3.63, 3.8) is 0 Å². The third kappa shape index (κ3) is 3.82. The molecule has 7 aromatic carbocycles. The number of hydrogen-bond donors (Lipinski definition) is 0. The molecule has 0 radical (unpaired) electrons. The molecule has 5 heterocycles. The summed E-state index contributed by atoms with van der Waals surface area (Å²) in [5, 5.41) is 5.94. The standard InChI is InChI=1S/C47H32BN3O2/c1-27-21-36-34-24-35-32-13-8-10-16-41(32)52-44(35)25-39(34)51(31-19-17-30(18-20-31)49(2)3)48-37-22-29-23-42(28-11-5-4-6-12-28)53-43(29)26-40(37)50-38-15-9-7-14-33(38)45(27)47(50)46(36)48/h4-26H,1-3H3. The number of para-hydroxylation sites is 2. The zero-order chi connectivity index (χ0) is 35.1. The van der Waals surface area contributed by atoms with Crippen LogP contribution in [0.2, 0.25) is 0 Å². The average Bonchev–Trinajstić information content (AvgIpc) is 3.88. The molecular weight excluding hydrogens is 649 g/mol. The lowest BCUT2D eigenvalue weighted by Gasteiger charge is -2.42. The number of fused-ring (bicyclic) bond motifs is 12. The molecule has 0 atom stereocenters. The molecule has 5 nitrogen and oxygen atoms in total. The van der Waals surface area contributed by atoms with Gasteiger partial charge in [-0.25, -0.2) is 0 Å². The fourth-order valence-electron chi connectivity index (χ4n) is 9.33. The van der Waals surface area contributed by atoms with Crippen LogP contribution in [-0.2, 0) is 0 Å². The second kappa shape index (κ2) is 10.2. The maximum absolute atomic E-state index is 6.66. The van der Waals surface area contributed by atoms with Gasteiger partial charge in [-0.1, -0.05) is 78.9 Å². The molecule has 12 rings (SSSR count). The van der Waals surface area contributed by atoms with Crippen LogP contribution in [0, 0.1) is 6.92 Å². The summed E-state index contributed by atoms with van der Waals surface area (Å²) in [7, 11) is 4.18. The van der Waals surface area contributed by atoms with Crippen LogP contribution in [-0.4, -0.2) is 25.5 Å². The van der Waals surface area contributed by atoms with Crippen molar-refractivity contribution in [2.24, 2.45) is 0 Å². The smallest absolute Gasteiger partial charge is 0.333 e. The van der Waals surface area contributed by atoms with E-state index in [2.05, 4.69) is 163 Å². The third-order valence-corrected chi connectivity index (χ3v) is 11.7. The van der Waals surface area contributed by atoms with Gasteiger partial charge in [0.15, 0.2) is 0 Å². The minimum atomic E-state index is -0.112. The summed E-state index contributed by atoms with van der Waals surface area (Å²) >= 11 is 0. The van der Waals surface area contributed by atoms with Gasteiger partial charge in [0.25, 0.3) is 0 Å². The zero-order valence-electron chi connectivity index (χ0n) is 29.5. The van der Waals surface area contributed by atoms with Crippen LogP contribution < -0.4 is 20.6 Å². The number of nitrogens with zero attached hydrogens (tertiary/aromatic N) is 3. The molecule has 0 aliphatic carbocycles. The van der Waals surface area contributed by atoms with Crippen molar-refractivity contribution < 1.29 is 8.83 Å². The van der Waals surface area contributed by atoms with E-state index < -0.39 is 0 Å². The SMILES string of the molecule is Cc1cc2c3c4c1c1ccccc1n4-c1cc4oc(-c5ccccc5)cc4cc1B3N(c1ccc(N(C)C)cc1)c1cc3oc4ccccc4c3cc1-2. The molecule has 0 bridgehead atoms. The van der Waals surface area contributed by atoms with Crippen LogP contribution in [0.1, 0.15) is 5.56 Å². The monoisotopic (exact) mass is 681 g/mol. The predicted octanol–water partition coefficient (Wildman–Crippen LogP) is 10.7. The molecule has 2 aliphatic heterocycles. The summed E-state index contributed by atoms with van der Waals surface area (Å²) in [6.45, 7) is 2.16. The highest BCUT2D eigenvalue weighted by Gasteiger charge is 2.45. The van der Waals surface area contributed by atoms with Crippen molar-refractivity contribution in [2.75, 3.05) is 23.8 Å². The summed E-state index contributed by atoms with van der Waals surface area (Å²) < 4.78 is 15.7. The molecule has 3 aromatic heterocycles. The van der Waals surface area contributed by atoms with E-state index in [1.165, 1.54) is 49.4 Å². The Labute approximate surface area is 306 Å². The van der Waals surface area contributed by atoms with Crippen LogP contribution in [0.3, 0.4) is 0 Å². The van der Waals surface area contributed by atoms with E-state index in [1.807, 2.05) is 12.1 Å². The highest BCUT2D eigenvalue weighted by Crippen LogP contribution is 2.48. The highest BCUT2D eigenvalue weighted by atomic mass is 16.3.